The van der Waals surface area contributed by atoms with E-state index in [1.54, 1.807) is 0 Å². The Hall–Kier alpha value is -1.58. The van der Waals surface area contributed by atoms with E-state index in [1.165, 1.54) is 18.3 Å². The number of hydrogen-bond acceptors (Lipinski definition) is 6. The van der Waals surface area contributed by atoms with E-state index >= 15 is 0 Å². The summed E-state index contributed by atoms with van der Waals surface area (Å²) >= 11 is 1.24. The van der Waals surface area contributed by atoms with Crippen LogP contribution in [0.4, 0.5) is 10.7 Å². The van der Waals surface area contributed by atoms with Crippen molar-refractivity contribution in [1.82, 2.24) is 0 Å². The zero-order valence-electron chi connectivity index (χ0n) is 12.2. The number of nitrogen functional groups attached to an aromatic ring is 1. The number of ether oxygens (including phenoxy) is 1. The van der Waals surface area contributed by atoms with E-state index in [4.69, 9.17) is 15.7 Å². The lowest BCUT2D eigenvalue weighted by atomic mass is 10.2. The van der Waals surface area contributed by atoms with Crippen LogP contribution >= 0.6 is 11.3 Å². The molecule has 0 aliphatic heterocycles. The van der Waals surface area contributed by atoms with Gasteiger partial charge in [-0.1, -0.05) is 13.8 Å². The van der Waals surface area contributed by atoms with Crippen molar-refractivity contribution in [2.24, 2.45) is 5.92 Å². The minimum Gasteiger partial charge on any atom is -0.396 e. The lowest BCUT2D eigenvalue weighted by Gasteiger charge is -2.07. The first kappa shape index (κ1) is 16.5. The molecule has 0 saturated carbocycles. The topological polar surface area (TPSA) is 88.1 Å². The molecule has 0 aliphatic rings. The Labute approximate surface area is 123 Å². The van der Waals surface area contributed by atoms with Gasteiger partial charge in [-0.3, -0.25) is 4.79 Å². The van der Waals surface area contributed by atoms with Crippen LogP contribution in [0.5, 0.6) is 0 Å². The Kier molecular flexibility index (Phi) is 6.49. The van der Waals surface area contributed by atoms with Gasteiger partial charge < -0.3 is 15.8 Å². The fourth-order valence-corrected chi connectivity index (χ4v) is 2.63. The zero-order chi connectivity index (χ0) is 15.1. The summed E-state index contributed by atoms with van der Waals surface area (Å²) in [6.45, 7) is 7.78. The maximum absolute atomic E-state index is 11.4. The van der Waals surface area contributed by atoms with Gasteiger partial charge in [0.05, 0.1) is 10.6 Å². The van der Waals surface area contributed by atoms with E-state index in [0.29, 0.717) is 34.5 Å². The Morgan fingerprint density at radius 1 is 1.55 bits per heavy atom. The van der Waals surface area contributed by atoms with Crippen LogP contribution in [0.1, 0.15) is 42.4 Å². The molecule has 0 radical (unpaired) electrons. The van der Waals surface area contributed by atoms with Crippen LogP contribution in [0.2, 0.25) is 0 Å². The van der Waals surface area contributed by atoms with Gasteiger partial charge in [-0.05, 0) is 12.3 Å². The Balaban J connectivity index is 2.50. The second kappa shape index (κ2) is 7.88. The molecule has 0 amide bonds. The van der Waals surface area contributed by atoms with Gasteiger partial charge in [0.1, 0.15) is 16.6 Å². The van der Waals surface area contributed by atoms with E-state index in [2.05, 4.69) is 19.2 Å². The molecule has 5 nitrogen and oxygen atoms in total. The molecule has 1 aromatic heterocycles. The third-order valence-corrected chi connectivity index (χ3v) is 3.84. The first-order chi connectivity index (χ1) is 9.47. The van der Waals surface area contributed by atoms with Crippen LogP contribution in [-0.4, -0.2) is 25.5 Å². The van der Waals surface area contributed by atoms with E-state index in [9.17, 15) is 4.79 Å². The molecule has 0 atom stereocenters. The van der Waals surface area contributed by atoms with Crippen LogP contribution in [0.3, 0.4) is 0 Å². The number of nitriles is 1. The number of nitrogens with zero attached hydrogens (tertiary/aromatic N) is 1. The maximum atomic E-state index is 11.4. The molecule has 0 aliphatic carbocycles. The molecular weight excluding hydrogens is 274 g/mol. The molecule has 0 fully saturated rings. The molecule has 1 aromatic rings. The molecule has 6 heteroatoms. The zero-order valence-corrected chi connectivity index (χ0v) is 13.0. The average Bonchev–Trinajstić information content (AvgIpc) is 2.69. The van der Waals surface area contributed by atoms with E-state index in [-0.39, 0.29) is 11.5 Å². The van der Waals surface area contributed by atoms with Crippen molar-refractivity contribution in [3.63, 3.8) is 0 Å². The SMILES string of the molecule is CC(=O)c1sc(NCCCOCC(C)C)c(C#N)c1N. The number of carbonyl (C=O) groups excluding carboxylic acids is 1. The Bertz CT molecular complexity index is 503. The summed E-state index contributed by atoms with van der Waals surface area (Å²) in [4.78, 5) is 11.8. The molecule has 1 heterocycles. The fraction of sp³-hybridized carbons (Fsp3) is 0.571. The quantitative estimate of drug-likeness (QED) is 0.568. The Morgan fingerprint density at radius 2 is 2.25 bits per heavy atom. The average molecular weight is 295 g/mol. The fourth-order valence-electron chi connectivity index (χ4n) is 1.64. The highest BCUT2D eigenvalue weighted by Crippen LogP contribution is 2.35. The van der Waals surface area contributed by atoms with Gasteiger partial charge in [-0.15, -0.1) is 11.3 Å². The van der Waals surface area contributed by atoms with Crippen LogP contribution in [0.15, 0.2) is 0 Å². The molecule has 1 rings (SSSR count). The van der Waals surface area contributed by atoms with E-state index in [1.807, 2.05) is 6.07 Å². The standard InChI is InChI=1S/C14H21N3O2S/c1-9(2)8-19-6-4-5-17-14-11(7-15)12(16)13(20-14)10(3)18/h9,17H,4-6,8,16H2,1-3H3. The molecule has 0 saturated heterocycles. The lowest BCUT2D eigenvalue weighted by molar-refractivity contribution is 0.102. The van der Waals surface area contributed by atoms with Gasteiger partial charge in [-0.25, -0.2) is 0 Å². The number of nitrogens with two attached hydrogens (primary N) is 1. The van der Waals surface area contributed by atoms with Gasteiger partial charge in [-0.2, -0.15) is 5.26 Å². The molecule has 110 valence electrons. The van der Waals surface area contributed by atoms with Gasteiger partial charge in [0.15, 0.2) is 5.78 Å². The summed E-state index contributed by atoms with van der Waals surface area (Å²) in [5.74, 6) is 0.417. The number of hydrogen-bond donors (Lipinski definition) is 2. The number of anilines is 2. The summed E-state index contributed by atoms with van der Waals surface area (Å²) < 4.78 is 5.48. The smallest absolute Gasteiger partial charge is 0.171 e. The molecule has 0 unspecified atom stereocenters. The number of thiophene rings is 1. The maximum Gasteiger partial charge on any atom is 0.171 e. The Morgan fingerprint density at radius 3 is 2.80 bits per heavy atom. The predicted octanol–water partition coefficient (Wildman–Crippen LogP) is 2.88. The van der Waals surface area contributed by atoms with Crippen molar-refractivity contribution in [1.29, 1.82) is 5.26 Å². The van der Waals surface area contributed by atoms with Crippen molar-refractivity contribution in [2.75, 3.05) is 30.8 Å². The third-order valence-electron chi connectivity index (χ3n) is 2.58. The number of Topliss-reactive ketones (excluding diaryl/α,β-unsaturated/α-hetero) is 1. The molecule has 0 spiro atoms. The molecule has 20 heavy (non-hydrogen) atoms. The summed E-state index contributed by atoms with van der Waals surface area (Å²) in [7, 11) is 0. The normalized spacial score (nSPS) is 10.6. The summed E-state index contributed by atoms with van der Waals surface area (Å²) in [5.41, 5.74) is 6.45. The predicted molar refractivity (Wildman–Crippen MR) is 82.2 cm³/mol. The number of ketones is 1. The van der Waals surface area contributed by atoms with Crippen LogP contribution < -0.4 is 11.1 Å². The lowest BCUT2D eigenvalue weighted by Crippen LogP contribution is -2.08. The van der Waals surface area contributed by atoms with E-state index in [0.717, 1.165) is 13.0 Å². The van der Waals surface area contributed by atoms with Gasteiger partial charge in [0.25, 0.3) is 0 Å². The second-order valence-electron chi connectivity index (χ2n) is 4.97. The highest BCUT2D eigenvalue weighted by molar-refractivity contribution is 7.18. The van der Waals surface area contributed by atoms with Crippen molar-refractivity contribution in [3.8, 4) is 6.07 Å². The van der Waals surface area contributed by atoms with Crippen molar-refractivity contribution in [2.45, 2.75) is 27.2 Å². The van der Waals surface area contributed by atoms with Crippen molar-refractivity contribution < 1.29 is 9.53 Å². The van der Waals surface area contributed by atoms with Crippen LogP contribution in [0, 0.1) is 17.2 Å². The number of rotatable bonds is 8. The third kappa shape index (κ3) is 4.51. The summed E-state index contributed by atoms with van der Waals surface area (Å²) in [6, 6.07) is 2.05. The largest absolute Gasteiger partial charge is 0.396 e. The molecular formula is C14H21N3O2S. The van der Waals surface area contributed by atoms with Crippen molar-refractivity contribution >= 4 is 27.8 Å². The summed E-state index contributed by atoms with van der Waals surface area (Å²) in [5, 5.41) is 12.9. The van der Waals surface area contributed by atoms with Gasteiger partial charge in [0, 0.05) is 26.7 Å². The molecule has 0 aromatic carbocycles. The monoisotopic (exact) mass is 295 g/mol. The van der Waals surface area contributed by atoms with Gasteiger partial charge in [0.2, 0.25) is 0 Å². The summed E-state index contributed by atoms with van der Waals surface area (Å²) in [6.07, 6.45) is 0.838. The number of carbonyl (C=O) groups is 1. The second-order valence-corrected chi connectivity index (χ2v) is 5.99. The van der Waals surface area contributed by atoms with E-state index < -0.39 is 0 Å². The van der Waals surface area contributed by atoms with Gasteiger partial charge >= 0.3 is 0 Å². The minimum atomic E-state index is -0.114. The highest BCUT2D eigenvalue weighted by Gasteiger charge is 2.18. The van der Waals surface area contributed by atoms with Crippen molar-refractivity contribution in [3.05, 3.63) is 10.4 Å². The first-order valence-electron chi connectivity index (χ1n) is 6.62. The minimum absolute atomic E-state index is 0.114. The highest BCUT2D eigenvalue weighted by atomic mass is 32.1. The van der Waals surface area contributed by atoms with Crippen LogP contribution in [-0.2, 0) is 4.74 Å². The number of nitrogens with one attached hydrogen (secondary N) is 1. The molecule has 0 bridgehead atoms. The molecule has 3 N–H and O–H groups in total. The van der Waals surface area contributed by atoms with Crippen LogP contribution in [0.25, 0.3) is 0 Å². The first-order valence-corrected chi connectivity index (χ1v) is 7.44.